The highest BCUT2D eigenvalue weighted by atomic mass is 14.9. The van der Waals surface area contributed by atoms with Crippen LogP contribution in [0.5, 0.6) is 0 Å². The van der Waals surface area contributed by atoms with E-state index >= 15 is 0 Å². The van der Waals surface area contributed by atoms with Crippen molar-refractivity contribution in [2.24, 2.45) is 4.99 Å². The standard InChI is InChI=1S/C17H32N2/c1-5-6-10-16(13-14-18-17(2,3)4)19-15-11-8-7-9-12-15/h13-15,19H,5-12H2,1-4H3/b16-13-,18-14?. The summed E-state index contributed by atoms with van der Waals surface area (Å²) < 4.78 is 0. The van der Waals surface area contributed by atoms with Crippen LogP contribution < -0.4 is 5.32 Å². The van der Waals surface area contributed by atoms with Gasteiger partial charge in [0.15, 0.2) is 0 Å². The molecule has 0 heterocycles. The van der Waals surface area contributed by atoms with Crippen molar-refractivity contribution in [2.45, 2.75) is 90.6 Å². The molecule has 0 radical (unpaired) electrons. The molecular formula is C17H32N2. The van der Waals surface area contributed by atoms with Gasteiger partial charge in [0, 0.05) is 18.0 Å². The van der Waals surface area contributed by atoms with Crippen molar-refractivity contribution in [1.82, 2.24) is 5.32 Å². The van der Waals surface area contributed by atoms with Crippen molar-refractivity contribution in [3.8, 4) is 0 Å². The zero-order chi connectivity index (χ0) is 14.1. The molecule has 0 aliphatic heterocycles. The topological polar surface area (TPSA) is 24.4 Å². The third-order valence-corrected chi connectivity index (χ3v) is 3.53. The van der Waals surface area contributed by atoms with Gasteiger partial charge in [0.1, 0.15) is 0 Å². The number of allylic oxidation sites excluding steroid dienone is 2. The van der Waals surface area contributed by atoms with E-state index < -0.39 is 0 Å². The fraction of sp³-hybridized carbons (Fsp3) is 0.824. The highest BCUT2D eigenvalue weighted by Gasteiger charge is 2.13. The molecule has 1 rings (SSSR count). The molecule has 0 aromatic heterocycles. The molecule has 0 unspecified atom stereocenters. The van der Waals surface area contributed by atoms with E-state index in [0.717, 1.165) is 6.42 Å². The Morgan fingerprint density at radius 3 is 2.47 bits per heavy atom. The van der Waals surface area contributed by atoms with Gasteiger partial charge >= 0.3 is 0 Å². The molecule has 0 amide bonds. The fourth-order valence-corrected chi connectivity index (χ4v) is 2.43. The van der Waals surface area contributed by atoms with Gasteiger partial charge in [0.25, 0.3) is 0 Å². The van der Waals surface area contributed by atoms with Gasteiger partial charge in [-0.1, -0.05) is 32.6 Å². The van der Waals surface area contributed by atoms with Crippen molar-refractivity contribution in [3.05, 3.63) is 11.8 Å². The van der Waals surface area contributed by atoms with E-state index in [0.29, 0.717) is 6.04 Å². The molecule has 0 aromatic rings. The first kappa shape index (κ1) is 16.3. The van der Waals surface area contributed by atoms with Gasteiger partial charge in [-0.25, -0.2) is 0 Å². The van der Waals surface area contributed by atoms with Gasteiger partial charge < -0.3 is 5.32 Å². The maximum absolute atomic E-state index is 4.56. The number of aliphatic imine (C=N–C) groups is 1. The van der Waals surface area contributed by atoms with Crippen LogP contribution in [0.1, 0.15) is 79.1 Å². The lowest BCUT2D eigenvalue weighted by atomic mass is 9.95. The molecule has 1 fully saturated rings. The lowest BCUT2D eigenvalue weighted by Crippen LogP contribution is -2.30. The number of hydrogen-bond acceptors (Lipinski definition) is 2. The van der Waals surface area contributed by atoms with Crippen molar-refractivity contribution in [2.75, 3.05) is 0 Å². The van der Waals surface area contributed by atoms with Gasteiger partial charge in [-0.3, -0.25) is 4.99 Å². The second kappa shape index (κ2) is 8.39. The maximum Gasteiger partial charge on any atom is 0.0524 e. The van der Waals surface area contributed by atoms with Crippen LogP contribution in [-0.4, -0.2) is 17.8 Å². The summed E-state index contributed by atoms with van der Waals surface area (Å²) in [4.78, 5) is 4.56. The van der Waals surface area contributed by atoms with Gasteiger partial charge in [-0.15, -0.1) is 0 Å². The zero-order valence-corrected chi connectivity index (χ0v) is 13.3. The van der Waals surface area contributed by atoms with Gasteiger partial charge in [-0.2, -0.15) is 0 Å². The molecule has 1 aliphatic rings. The van der Waals surface area contributed by atoms with Crippen molar-refractivity contribution in [3.63, 3.8) is 0 Å². The molecular weight excluding hydrogens is 232 g/mol. The summed E-state index contributed by atoms with van der Waals surface area (Å²) in [6.45, 7) is 8.66. The van der Waals surface area contributed by atoms with Crippen LogP contribution in [0.4, 0.5) is 0 Å². The molecule has 0 bridgehead atoms. The van der Waals surface area contributed by atoms with Gasteiger partial charge in [0.05, 0.1) is 5.54 Å². The first-order valence-corrected chi connectivity index (χ1v) is 8.02. The predicted octanol–water partition coefficient (Wildman–Crippen LogP) is 4.85. The van der Waals surface area contributed by atoms with Crippen LogP contribution in [0, 0.1) is 0 Å². The normalized spacial score (nSPS) is 19.1. The van der Waals surface area contributed by atoms with E-state index in [1.165, 1.54) is 50.6 Å². The summed E-state index contributed by atoms with van der Waals surface area (Å²) in [5.41, 5.74) is 1.40. The molecule has 110 valence electrons. The Kier molecular flexibility index (Phi) is 7.19. The number of nitrogens with zero attached hydrogens (tertiary/aromatic N) is 1. The molecule has 2 nitrogen and oxygen atoms in total. The van der Waals surface area contributed by atoms with Crippen molar-refractivity contribution < 1.29 is 0 Å². The maximum atomic E-state index is 4.56. The molecule has 0 saturated heterocycles. The Labute approximate surface area is 119 Å². The second-order valence-electron chi connectivity index (χ2n) is 6.72. The van der Waals surface area contributed by atoms with Crippen molar-refractivity contribution >= 4 is 6.21 Å². The summed E-state index contributed by atoms with van der Waals surface area (Å²) in [7, 11) is 0. The Morgan fingerprint density at radius 2 is 1.89 bits per heavy atom. The SMILES string of the molecule is CCCC/C(=C/C=NC(C)(C)C)NC1CCCCC1. The zero-order valence-electron chi connectivity index (χ0n) is 13.3. The molecule has 1 aliphatic carbocycles. The molecule has 0 atom stereocenters. The summed E-state index contributed by atoms with van der Waals surface area (Å²) in [6.07, 6.45) is 14.7. The van der Waals surface area contributed by atoms with E-state index in [2.05, 4.69) is 44.1 Å². The third kappa shape index (κ3) is 8.07. The number of unbranched alkanes of at least 4 members (excludes halogenated alkanes) is 1. The van der Waals surface area contributed by atoms with Crippen LogP contribution >= 0.6 is 0 Å². The molecule has 2 heteroatoms. The summed E-state index contributed by atoms with van der Waals surface area (Å²) in [5, 5.41) is 3.75. The average molecular weight is 264 g/mol. The lowest BCUT2D eigenvalue weighted by Gasteiger charge is -2.25. The minimum atomic E-state index is 0.0250. The Hall–Kier alpha value is -0.790. The molecule has 19 heavy (non-hydrogen) atoms. The summed E-state index contributed by atoms with van der Waals surface area (Å²) in [5.74, 6) is 0. The van der Waals surface area contributed by atoms with Crippen LogP contribution in [0.15, 0.2) is 16.8 Å². The fourth-order valence-electron chi connectivity index (χ4n) is 2.43. The Morgan fingerprint density at radius 1 is 1.21 bits per heavy atom. The second-order valence-corrected chi connectivity index (χ2v) is 6.72. The summed E-state index contributed by atoms with van der Waals surface area (Å²) in [6, 6.07) is 0.694. The number of nitrogens with one attached hydrogen (secondary N) is 1. The van der Waals surface area contributed by atoms with Crippen molar-refractivity contribution in [1.29, 1.82) is 0 Å². The molecule has 0 spiro atoms. The third-order valence-electron chi connectivity index (χ3n) is 3.53. The smallest absolute Gasteiger partial charge is 0.0524 e. The van der Waals surface area contributed by atoms with E-state index in [9.17, 15) is 0 Å². The number of hydrogen-bond donors (Lipinski definition) is 1. The Bertz CT molecular complexity index is 291. The quantitative estimate of drug-likeness (QED) is 0.681. The highest BCUT2D eigenvalue weighted by Crippen LogP contribution is 2.19. The molecule has 1 saturated carbocycles. The van der Waals surface area contributed by atoms with Crippen LogP contribution in [0.25, 0.3) is 0 Å². The molecule has 0 aromatic carbocycles. The first-order valence-electron chi connectivity index (χ1n) is 8.02. The minimum absolute atomic E-state index is 0.0250. The van der Waals surface area contributed by atoms with E-state index in [-0.39, 0.29) is 5.54 Å². The van der Waals surface area contributed by atoms with Crippen LogP contribution in [0.2, 0.25) is 0 Å². The van der Waals surface area contributed by atoms with E-state index in [1.807, 2.05) is 6.21 Å². The van der Waals surface area contributed by atoms with Gasteiger partial charge in [-0.05, 0) is 52.5 Å². The van der Waals surface area contributed by atoms with E-state index in [1.54, 1.807) is 0 Å². The highest BCUT2D eigenvalue weighted by molar-refractivity contribution is 5.72. The minimum Gasteiger partial charge on any atom is -0.386 e. The van der Waals surface area contributed by atoms with Gasteiger partial charge in [0.2, 0.25) is 0 Å². The largest absolute Gasteiger partial charge is 0.386 e. The average Bonchev–Trinajstić information content (AvgIpc) is 2.35. The number of rotatable bonds is 6. The first-order chi connectivity index (χ1) is 9.01. The monoisotopic (exact) mass is 264 g/mol. The summed E-state index contributed by atoms with van der Waals surface area (Å²) >= 11 is 0. The van der Waals surface area contributed by atoms with E-state index in [4.69, 9.17) is 0 Å². The van der Waals surface area contributed by atoms with Crippen LogP contribution in [0.3, 0.4) is 0 Å². The Balaban J connectivity index is 2.54. The molecule has 1 N–H and O–H groups in total. The lowest BCUT2D eigenvalue weighted by molar-refractivity contribution is 0.392. The predicted molar refractivity (Wildman–Crippen MR) is 85.9 cm³/mol. The van der Waals surface area contributed by atoms with Crippen LogP contribution in [-0.2, 0) is 0 Å².